The molecule has 1 heterocycles. The van der Waals surface area contributed by atoms with E-state index < -0.39 is 0 Å². The molecule has 4 unspecified atom stereocenters. The zero-order chi connectivity index (χ0) is 7.72. The van der Waals surface area contributed by atoms with Crippen molar-refractivity contribution in [3.63, 3.8) is 0 Å². The summed E-state index contributed by atoms with van der Waals surface area (Å²) in [5, 5.41) is 0. The highest BCUT2D eigenvalue weighted by Gasteiger charge is 2.33. The van der Waals surface area contributed by atoms with Crippen LogP contribution in [-0.4, -0.2) is 18.5 Å². The SMILES string of the molecule is C#CC1C(C)CP(C)C1C. The first kappa shape index (κ1) is 8.09. The molecule has 1 aliphatic heterocycles. The summed E-state index contributed by atoms with van der Waals surface area (Å²) in [4.78, 5) is 0. The number of hydrogen-bond acceptors (Lipinski definition) is 0. The third-order valence-electron chi connectivity index (χ3n) is 2.60. The van der Waals surface area contributed by atoms with E-state index >= 15 is 0 Å². The Labute approximate surface area is 65.2 Å². The third kappa shape index (κ3) is 1.21. The molecule has 1 heteroatoms. The standard InChI is InChI=1S/C9H15P/c1-5-9-7(2)6-10(4)8(9)3/h1,7-9H,6H2,2-4H3. The van der Waals surface area contributed by atoms with Crippen LogP contribution in [0.2, 0.25) is 0 Å². The normalized spacial score (nSPS) is 47.0. The maximum absolute atomic E-state index is 5.44. The van der Waals surface area contributed by atoms with Crippen molar-refractivity contribution in [1.29, 1.82) is 0 Å². The van der Waals surface area contributed by atoms with E-state index in [0.717, 1.165) is 11.6 Å². The molecule has 0 aliphatic carbocycles. The van der Waals surface area contributed by atoms with Crippen molar-refractivity contribution in [2.24, 2.45) is 11.8 Å². The van der Waals surface area contributed by atoms with Gasteiger partial charge in [0.2, 0.25) is 0 Å². The molecule has 0 radical (unpaired) electrons. The minimum atomic E-state index is 0.247. The predicted octanol–water partition coefficient (Wildman–Crippen LogP) is 2.39. The maximum atomic E-state index is 5.44. The lowest BCUT2D eigenvalue weighted by Gasteiger charge is -2.13. The van der Waals surface area contributed by atoms with Crippen LogP contribution in [0.4, 0.5) is 0 Å². The molecule has 0 aromatic rings. The molecule has 1 fully saturated rings. The Bertz CT molecular complexity index is 157. The highest BCUT2D eigenvalue weighted by atomic mass is 31.1. The van der Waals surface area contributed by atoms with Crippen LogP contribution in [0.25, 0.3) is 0 Å². The lowest BCUT2D eigenvalue weighted by atomic mass is 9.94. The van der Waals surface area contributed by atoms with Crippen LogP contribution in [0.3, 0.4) is 0 Å². The molecule has 0 spiro atoms. The first-order valence-corrected chi connectivity index (χ1v) is 5.87. The van der Waals surface area contributed by atoms with Crippen LogP contribution in [-0.2, 0) is 0 Å². The highest BCUT2D eigenvalue weighted by Crippen LogP contribution is 2.51. The first-order chi connectivity index (χ1) is 4.66. The minimum Gasteiger partial charge on any atom is -0.120 e. The second-order valence-electron chi connectivity index (χ2n) is 3.35. The van der Waals surface area contributed by atoms with Gasteiger partial charge in [0.1, 0.15) is 0 Å². The Kier molecular flexibility index (Phi) is 2.37. The van der Waals surface area contributed by atoms with E-state index in [1.165, 1.54) is 6.16 Å². The number of hydrogen-bond donors (Lipinski definition) is 0. The van der Waals surface area contributed by atoms with Crippen molar-refractivity contribution in [3.8, 4) is 12.3 Å². The molecule has 0 saturated carbocycles. The van der Waals surface area contributed by atoms with Crippen molar-refractivity contribution in [2.45, 2.75) is 19.5 Å². The minimum absolute atomic E-state index is 0.247. The second kappa shape index (κ2) is 2.93. The fourth-order valence-corrected chi connectivity index (χ4v) is 4.18. The fraction of sp³-hybridized carbons (Fsp3) is 0.778. The average Bonchev–Trinajstić information content (AvgIpc) is 2.09. The molecule has 1 aliphatic rings. The molecule has 0 nitrogen and oxygen atoms in total. The Morgan fingerprint density at radius 3 is 2.30 bits per heavy atom. The summed E-state index contributed by atoms with van der Waals surface area (Å²) in [6, 6.07) is 0. The van der Waals surface area contributed by atoms with E-state index in [-0.39, 0.29) is 7.92 Å². The van der Waals surface area contributed by atoms with E-state index in [1.807, 2.05) is 0 Å². The molecule has 0 bridgehead atoms. The van der Waals surface area contributed by atoms with Gasteiger partial charge >= 0.3 is 0 Å². The Hall–Kier alpha value is -0.0100. The van der Waals surface area contributed by atoms with Crippen LogP contribution in [0.1, 0.15) is 13.8 Å². The van der Waals surface area contributed by atoms with Crippen LogP contribution in [0.15, 0.2) is 0 Å². The molecular weight excluding hydrogens is 139 g/mol. The van der Waals surface area contributed by atoms with Crippen LogP contribution in [0.5, 0.6) is 0 Å². The van der Waals surface area contributed by atoms with E-state index in [9.17, 15) is 0 Å². The van der Waals surface area contributed by atoms with Crippen molar-refractivity contribution in [2.75, 3.05) is 12.8 Å². The zero-order valence-corrected chi connectivity index (χ0v) is 7.86. The van der Waals surface area contributed by atoms with Crippen molar-refractivity contribution < 1.29 is 0 Å². The molecule has 0 aromatic carbocycles. The summed E-state index contributed by atoms with van der Waals surface area (Å²) in [5.41, 5.74) is 0.801. The van der Waals surface area contributed by atoms with Gasteiger partial charge in [-0.25, -0.2) is 0 Å². The maximum Gasteiger partial charge on any atom is 0.0293 e. The van der Waals surface area contributed by atoms with E-state index in [1.54, 1.807) is 0 Å². The number of rotatable bonds is 0. The van der Waals surface area contributed by atoms with Gasteiger partial charge in [0.05, 0.1) is 0 Å². The Balaban J connectivity index is 2.66. The molecule has 1 rings (SSSR count). The Morgan fingerprint density at radius 1 is 1.50 bits per heavy atom. The van der Waals surface area contributed by atoms with Crippen molar-refractivity contribution in [1.82, 2.24) is 0 Å². The van der Waals surface area contributed by atoms with Gasteiger partial charge in [-0.3, -0.25) is 0 Å². The van der Waals surface area contributed by atoms with Crippen LogP contribution < -0.4 is 0 Å². The molecule has 10 heavy (non-hydrogen) atoms. The molecule has 56 valence electrons. The van der Waals surface area contributed by atoms with Gasteiger partial charge in [0, 0.05) is 5.92 Å². The fourth-order valence-electron chi connectivity index (χ4n) is 1.79. The van der Waals surface area contributed by atoms with E-state index in [0.29, 0.717) is 5.92 Å². The van der Waals surface area contributed by atoms with Gasteiger partial charge < -0.3 is 0 Å². The molecule has 0 amide bonds. The lowest BCUT2D eigenvalue weighted by Crippen LogP contribution is -2.11. The van der Waals surface area contributed by atoms with Crippen LogP contribution >= 0.6 is 7.92 Å². The van der Waals surface area contributed by atoms with Gasteiger partial charge in [-0.1, -0.05) is 13.8 Å². The Morgan fingerprint density at radius 2 is 2.10 bits per heavy atom. The van der Waals surface area contributed by atoms with Crippen molar-refractivity contribution in [3.05, 3.63) is 0 Å². The monoisotopic (exact) mass is 154 g/mol. The quantitative estimate of drug-likeness (QED) is 0.371. The third-order valence-corrected chi connectivity index (χ3v) is 5.46. The largest absolute Gasteiger partial charge is 0.120 e. The summed E-state index contributed by atoms with van der Waals surface area (Å²) >= 11 is 0. The number of terminal acetylenes is 1. The van der Waals surface area contributed by atoms with Crippen LogP contribution in [0, 0.1) is 24.2 Å². The second-order valence-corrected chi connectivity index (χ2v) is 6.04. The van der Waals surface area contributed by atoms with Gasteiger partial charge in [-0.05, 0) is 24.4 Å². The zero-order valence-electron chi connectivity index (χ0n) is 6.96. The summed E-state index contributed by atoms with van der Waals surface area (Å²) < 4.78 is 0. The van der Waals surface area contributed by atoms with Gasteiger partial charge in [-0.15, -0.1) is 20.3 Å². The highest BCUT2D eigenvalue weighted by molar-refractivity contribution is 7.58. The molecular formula is C9H15P. The molecule has 0 aromatic heterocycles. The first-order valence-electron chi connectivity index (χ1n) is 3.83. The van der Waals surface area contributed by atoms with Gasteiger partial charge in [0.15, 0.2) is 0 Å². The summed E-state index contributed by atoms with van der Waals surface area (Å²) in [6.45, 7) is 6.96. The lowest BCUT2D eigenvalue weighted by molar-refractivity contribution is 0.514. The van der Waals surface area contributed by atoms with Gasteiger partial charge in [0.25, 0.3) is 0 Å². The molecule has 1 saturated heterocycles. The summed E-state index contributed by atoms with van der Waals surface area (Å²) in [7, 11) is 0.247. The van der Waals surface area contributed by atoms with E-state index in [2.05, 4.69) is 26.4 Å². The molecule has 0 N–H and O–H groups in total. The summed E-state index contributed by atoms with van der Waals surface area (Å²) in [5.74, 6) is 4.25. The smallest absolute Gasteiger partial charge is 0.0293 e. The summed E-state index contributed by atoms with van der Waals surface area (Å²) in [6.07, 6.45) is 6.82. The van der Waals surface area contributed by atoms with Gasteiger partial charge in [-0.2, -0.15) is 0 Å². The average molecular weight is 154 g/mol. The molecule has 4 atom stereocenters. The topological polar surface area (TPSA) is 0 Å². The predicted molar refractivity (Wildman–Crippen MR) is 48.7 cm³/mol. The van der Waals surface area contributed by atoms with Crippen molar-refractivity contribution >= 4 is 7.92 Å². The van der Waals surface area contributed by atoms with E-state index in [4.69, 9.17) is 6.42 Å².